The average molecular weight is 210 g/mol. The highest BCUT2D eigenvalue weighted by Gasteiger charge is 2.38. The number of nitrogens with zero attached hydrogens (tertiary/aromatic N) is 1. The van der Waals surface area contributed by atoms with Crippen LogP contribution in [0.1, 0.15) is 32.1 Å². The van der Waals surface area contributed by atoms with Crippen LogP contribution in [0.25, 0.3) is 0 Å². The van der Waals surface area contributed by atoms with Gasteiger partial charge in [-0.15, -0.1) is 0 Å². The number of rotatable bonds is 3. The van der Waals surface area contributed by atoms with Crippen LogP contribution in [0.3, 0.4) is 0 Å². The molecule has 3 atom stereocenters. The molecule has 3 fully saturated rings. The van der Waals surface area contributed by atoms with Crippen LogP contribution in [0, 0.1) is 5.92 Å². The summed E-state index contributed by atoms with van der Waals surface area (Å²) >= 11 is 0. The molecule has 0 aromatic carbocycles. The fourth-order valence-electron chi connectivity index (χ4n) is 3.30. The Morgan fingerprint density at radius 3 is 2.80 bits per heavy atom. The molecule has 1 saturated carbocycles. The summed E-state index contributed by atoms with van der Waals surface area (Å²) in [6.07, 6.45) is 5.85. The molecule has 2 saturated heterocycles. The molecule has 15 heavy (non-hydrogen) atoms. The summed E-state index contributed by atoms with van der Waals surface area (Å²) in [5, 5.41) is 13.7. The maximum atomic E-state index is 10.0. The van der Waals surface area contributed by atoms with Crippen LogP contribution in [-0.2, 0) is 0 Å². The average Bonchev–Trinajstić information content (AvgIpc) is 2.57. The van der Waals surface area contributed by atoms with Gasteiger partial charge in [-0.25, -0.2) is 0 Å². The number of fused-ring (bicyclic) bond motifs is 2. The van der Waals surface area contributed by atoms with E-state index in [1.165, 1.54) is 38.9 Å². The maximum absolute atomic E-state index is 10.0. The smallest absolute Gasteiger partial charge is 0.0771 e. The lowest BCUT2D eigenvalue weighted by Crippen LogP contribution is -2.52. The van der Waals surface area contributed by atoms with Gasteiger partial charge in [0.1, 0.15) is 0 Å². The van der Waals surface area contributed by atoms with E-state index in [0.717, 1.165) is 25.3 Å². The van der Waals surface area contributed by atoms with E-state index in [2.05, 4.69) is 10.2 Å². The molecule has 2 heterocycles. The quantitative estimate of drug-likeness (QED) is 0.715. The second-order valence-corrected chi connectivity index (χ2v) is 5.70. The van der Waals surface area contributed by atoms with Gasteiger partial charge in [-0.05, 0) is 51.1 Å². The van der Waals surface area contributed by atoms with Crippen LogP contribution >= 0.6 is 0 Å². The minimum Gasteiger partial charge on any atom is -0.389 e. The van der Waals surface area contributed by atoms with Gasteiger partial charge in [0, 0.05) is 19.1 Å². The van der Waals surface area contributed by atoms with Crippen LogP contribution in [0.2, 0.25) is 0 Å². The van der Waals surface area contributed by atoms with E-state index < -0.39 is 0 Å². The minimum atomic E-state index is -0.351. The third kappa shape index (κ3) is 1.93. The van der Waals surface area contributed by atoms with Crippen LogP contribution in [0.5, 0.6) is 0 Å². The fourth-order valence-corrected chi connectivity index (χ4v) is 3.30. The monoisotopic (exact) mass is 210 g/mol. The van der Waals surface area contributed by atoms with Crippen molar-refractivity contribution in [1.29, 1.82) is 0 Å². The SMILES string of the molecule is OC1(CNC2CCN3CCC2C3)CCC1. The van der Waals surface area contributed by atoms with Gasteiger partial charge in [-0.3, -0.25) is 0 Å². The first-order valence-corrected chi connectivity index (χ1v) is 6.43. The Hall–Kier alpha value is -0.120. The van der Waals surface area contributed by atoms with E-state index in [9.17, 15) is 5.11 Å². The van der Waals surface area contributed by atoms with Gasteiger partial charge in [-0.1, -0.05) is 0 Å². The van der Waals surface area contributed by atoms with Crippen molar-refractivity contribution in [1.82, 2.24) is 10.2 Å². The lowest BCUT2D eigenvalue weighted by Gasteiger charge is -2.40. The number of nitrogens with one attached hydrogen (secondary N) is 1. The van der Waals surface area contributed by atoms with Crippen LogP contribution in [0.15, 0.2) is 0 Å². The van der Waals surface area contributed by atoms with E-state index in [4.69, 9.17) is 0 Å². The zero-order chi connectivity index (χ0) is 10.3. The molecule has 3 heteroatoms. The second kappa shape index (κ2) is 3.72. The zero-order valence-electron chi connectivity index (χ0n) is 9.41. The van der Waals surface area contributed by atoms with Crippen molar-refractivity contribution in [2.45, 2.75) is 43.7 Å². The summed E-state index contributed by atoms with van der Waals surface area (Å²) in [6, 6.07) is 0.674. The summed E-state index contributed by atoms with van der Waals surface area (Å²) in [5.74, 6) is 0.849. The lowest BCUT2D eigenvalue weighted by molar-refractivity contribution is -0.0353. The molecular weight excluding hydrogens is 188 g/mol. The Balaban J connectivity index is 1.50. The standard InChI is InChI=1S/C12H22N2O/c15-12(4-1-5-12)9-13-11-3-7-14-6-2-10(11)8-14/h10-11,13,15H,1-9H2. The van der Waals surface area contributed by atoms with Crippen molar-refractivity contribution < 1.29 is 5.11 Å². The highest BCUT2D eigenvalue weighted by atomic mass is 16.3. The van der Waals surface area contributed by atoms with Gasteiger partial charge >= 0.3 is 0 Å². The van der Waals surface area contributed by atoms with Crippen LogP contribution < -0.4 is 5.32 Å². The number of piperidine rings is 1. The van der Waals surface area contributed by atoms with Crippen LogP contribution in [-0.4, -0.2) is 47.8 Å². The molecule has 0 radical (unpaired) electrons. The molecule has 0 spiro atoms. The molecule has 2 aliphatic heterocycles. The molecule has 3 unspecified atom stereocenters. The Kier molecular flexibility index (Phi) is 2.49. The largest absolute Gasteiger partial charge is 0.389 e. The lowest BCUT2D eigenvalue weighted by atomic mass is 9.80. The molecule has 3 nitrogen and oxygen atoms in total. The highest BCUT2D eigenvalue weighted by Crippen LogP contribution is 2.32. The minimum absolute atomic E-state index is 0.351. The Labute approximate surface area is 91.8 Å². The maximum Gasteiger partial charge on any atom is 0.0771 e. The van der Waals surface area contributed by atoms with Crippen molar-refractivity contribution >= 4 is 0 Å². The summed E-state index contributed by atoms with van der Waals surface area (Å²) in [5.41, 5.74) is -0.351. The topological polar surface area (TPSA) is 35.5 Å². The van der Waals surface area contributed by atoms with Crippen molar-refractivity contribution in [3.63, 3.8) is 0 Å². The molecule has 2 bridgehead atoms. The first-order valence-electron chi connectivity index (χ1n) is 6.43. The van der Waals surface area contributed by atoms with E-state index >= 15 is 0 Å². The predicted molar refractivity (Wildman–Crippen MR) is 59.8 cm³/mol. The predicted octanol–water partition coefficient (Wildman–Crippen LogP) is 0.585. The van der Waals surface area contributed by atoms with E-state index in [1.807, 2.05) is 0 Å². The van der Waals surface area contributed by atoms with E-state index in [1.54, 1.807) is 0 Å². The molecule has 0 aromatic heterocycles. The molecule has 3 rings (SSSR count). The van der Waals surface area contributed by atoms with Crippen molar-refractivity contribution in [3.8, 4) is 0 Å². The third-order valence-electron chi connectivity index (χ3n) is 4.61. The van der Waals surface area contributed by atoms with E-state index in [0.29, 0.717) is 6.04 Å². The molecule has 3 aliphatic rings. The van der Waals surface area contributed by atoms with Crippen molar-refractivity contribution in [2.75, 3.05) is 26.2 Å². The van der Waals surface area contributed by atoms with Crippen molar-refractivity contribution in [2.24, 2.45) is 5.92 Å². The number of hydrogen-bond acceptors (Lipinski definition) is 3. The van der Waals surface area contributed by atoms with Gasteiger partial charge in [0.05, 0.1) is 5.60 Å². The molecule has 0 amide bonds. The Morgan fingerprint density at radius 2 is 2.07 bits per heavy atom. The normalized spacial score (nSPS) is 42.6. The van der Waals surface area contributed by atoms with E-state index in [-0.39, 0.29) is 5.60 Å². The third-order valence-corrected chi connectivity index (χ3v) is 4.61. The summed E-state index contributed by atoms with van der Waals surface area (Å²) < 4.78 is 0. The molecule has 86 valence electrons. The van der Waals surface area contributed by atoms with Gasteiger partial charge in [0.15, 0.2) is 0 Å². The fraction of sp³-hybridized carbons (Fsp3) is 1.00. The van der Waals surface area contributed by atoms with Gasteiger partial charge in [-0.2, -0.15) is 0 Å². The Morgan fingerprint density at radius 1 is 1.27 bits per heavy atom. The van der Waals surface area contributed by atoms with Gasteiger partial charge in [0.2, 0.25) is 0 Å². The summed E-state index contributed by atoms with van der Waals surface area (Å²) in [6.45, 7) is 4.67. The molecule has 2 N–H and O–H groups in total. The van der Waals surface area contributed by atoms with Gasteiger partial charge < -0.3 is 15.3 Å². The number of aliphatic hydroxyl groups is 1. The first-order chi connectivity index (χ1) is 7.25. The van der Waals surface area contributed by atoms with Crippen molar-refractivity contribution in [3.05, 3.63) is 0 Å². The number of hydrogen-bond donors (Lipinski definition) is 2. The molecular formula is C12H22N2O. The second-order valence-electron chi connectivity index (χ2n) is 5.70. The molecule has 1 aliphatic carbocycles. The summed E-state index contributed by atoms with van der Waals surface area (Å²) in [7, 11) is 0. The molecule has 0 aromatic rings. The zero-order valence-corrected chi connectivity index (χ0v) is 9.41. The first kappa shape index (κ1) is 10.1. The van der Waals surface area contributed by atoms with Crippen LogP contribution in [0.4, 0.5) is 0 Å². The summed E-state index contributed by atoms with van der Waals surface area (Å²) in [4.78, 5) is 2.57. The Bertz CT molecular complexity index is 240. The highest BCUT2D eigenvalue weighted by molar-refractivity contribution is 4.95. The van der Waals surface area contributed by atoms with Gasteiger partial charge in [0.25, 0.3) is 0 Å².